The highest BCUT2D eigenvalue weighted by Crippen LogP contribution is 2.69. The van der Waals surface area contributed by atoms with E-state index in [1.54, 1.807) is 11.3 Å². The lowest BCUT2D eigenvalue weighted by atomic mass is 10.0. The Balaban J connectivity index is 1.33. The van der Waals surface area contributed by atoms with Crippen LogP contribution in [0.4, 0.5) is 5.13 Å². The molecule has 0 unspecified atom stereocenters. The number of carbonyl (C=O) groups excluding carboxylic acids is 1. The molecule has 0 aromatic carbocycles. The molecule has 1 N–H and O–H groups in total. The Morgan fingerprint density at radius 3 is 2.70 bits per heavy atom. The molecule has 0 spiro atoms. The topological polar surface area (TPSA) is 45.2 Å². The number of aromatic nitrogens is 1. The van der Waals surface area contributed by atoms with Crippen molar-refractivity contribution in [2.45, 2.75) is 25.8 Å². The SMILES string of the molecule is CN(C)c1nc(CNC(=O)C2[C@H]3[C@H]4CC[C@@H](C4)[C@H]23)cs1. The Morgan fingerprint density at radius 2 is 2.10 bits per heavy atom. The Kier molecular flexibility index (Phi) is 2.81. The van der Waals surface area contributed by atoms with Gasteiger partial charge in [0.15, 0.2) is 5.13 Å². The number of anilines is 1. The number of amides is 1. The molecule has 0 aliphatic heterocycles. The molecule has 4 nitrogen and oxygen atoms in total. The number of hydrogen-bond donors (Lipinski definition) is 1. The van der Waals surface area contributed by atoms with Crippen LogP contribution in [-0.4, -0.2) is 25.0 Å². The predicted octanol–water partition coefficient (Wildman–Crippen LogP) is 2.12. The standard InChI is InChI=1S/C15H21N3OS/c1-18(2)15-17-10(7-20-15)6-16-14(19)13-11-8-3-4-9(5-8)12(11)13/h7-9,11-13H,3-6H2,1-2H3,(H,16,19)/t8-,9-,11-,12-/m0/s1. The van der Waals surface area contributed by atoms with Crippen LogP contribution in [0.25, 0.3) is 0 Å². The van der Waals surface area contributed by atoms with E-state index in [1.807, 2.05) is 24.4 Å². The average molecular weight is 291 g/mol. The van der Waals surface area contributed by atoms with Crippen molar-refractivity contribution < 1.29 is 4.79 Å². The second kappa shape index (κ2) is 4.45. The second-order valence-corrected chi connectivity index (χ2v) is 7.58. The van der Waals surface area contributed by atoms with Crippen molar-refractivity contribution >= 4 is 22.4 Å². The van der Waals surface area contributed by atoms with Crippen LogP contribution < -0.4 is 10.2 Å². The van der Waals surface area contributed by atoms with Gasteiger partial charge in [0.05, 0.1) is 12.2 Å². The van der Waals surface area contributed by atoms with Crippen LogP contribution in [0.3, 0.4) is 0 Å². The molecule has 0 radical (unpaired) electrons. The van der Waals surface area contributed by atoms with Gasteiger partial charge < -0.3 is 10.2 Å². The maximum absolute atomic E-state index is 12.3. The average Bonchev–Trinajstić information content (AvgIpc) is 2.84. The number of nitrogens with zero attached hydrogens (tertiary/aromatic N) is 2. The summed E-state index contributed by atoms with van der Waals surface area (Å²) in [5.41, 5.74) is 0.973. The molecule has 3 aliphatic carbocycles. The van der Waals surface area contributed by atoms with Gasteiger partial charge in [-0.25, -0.2) is 4.98 Å². The minimum Gasteiger partial charge on any atom is -0.354 e. The maximum Gasteiger partial charge on any atom is 0.224 e. The molecule has 20 heavy (non-hydrogen) atoms. The first-order chi connectivity index (χ1) is 9.65. The summed E-state index contributed by atoms with van der Waals surface area (Å²) in [6.07, 6.45) is 4.14. The van der Waals surface area contributed by atoms with Crippen molar-refractivity contribution in [1.82, 2.24) is 10.3 Å². The largest absolute Gasteiger partial charge is 0.354 e. The molecule has 5 heteroatoms. The molecule has 1 aromatic heterocycles. The summed E-state index contributed by atoms with van der Waals surface area (Å²) in [6.45, 7) is 0.578. The number of thiazole rings is 1. The molecule has 4 rings (SSSR count). The van der Waals surface area contributed by atoms with Crippen LogP contribution in [0.2, 0.25) is 0 Å². The van der Waals surface area contributed by atoms with Crippen LogP contribution in [0.1, 0.15) is 25.0 Å². The van der Waals surface area contributed by atoms with Crippen LogP contribution in [0.15, 0.2) is 5.38 Å². The van der Waals surface area contributed by atoms with Crippen LogP contribution in [0, 0.1) is 29.6 Å². The first kappa shape index (κ1) is 12.6. The molecule has 2 bridgehead atoms. The summed E-state index contributed by atoms with van der Waals surface area (Å²) in [5.74, 6) is 3.77. The van der Waals surface area contributed by atoms with Crippen molar-refractivity contribution in [2.24, 2.45) is 29.6 Å². The number of hydrogen-bond acceptors (Lipinski definition) is 4. The molecule has 1 heterocycles. The number of nitrogens with one attached hydrogen (secondary N) is 1. The van der Waals surface area contributed by atoms with Gasteiger partial charge in [-0.05, 0) is 42.9 Å². The molecule has 1 amide bonds. The fourth-order valence-electron chi connectivity index (χ4n) is 4.55. The van der Waals surface area contributed by atoms with E-state index < -0.39 is 0 Å². The fourth-order valence-corrected chi connectivity index (χ4v) is 5.31. The number of rotatable bonds is 4. The summed E-state index contributed by atoms with van der Waals surface area (Å²) in [7, 11) is 3.98. The maximum atomic E-state index is 12.3. The first-order valence-electron chi connectivity index (χ1n) is 7.54. The van der Waals surface area contributed by atoms with Gasteiger partial charge in [0.2, 0.25) is 5.91 Å². The Bertz CT molecular complexity index is 525. The lowest BCUT2D eigenvalue weighted by Crippen LogP contribution is -2.27. The molecule has 3 aliphatic rings. The minimum absolute atomic E-state index is 0.274. The van der Waals surface area contributed by atoms with E-state index in [0.29, 0.717) is 12.5 Å². The van der Waals surface area contributed by atoms with E-state index in [4.69, 9.17) is 0 Å². The smallest absolute Gasteiger partial charge is 0.224 e. The fraction of sp³-hybridized carbons (Fsp3) is 0.733. The zero-order valence-electron chi connectivity index (χ0n) is 12.0. The van der Waals surface area contributed by atoms with Crippen LogP contribution in [0.5, 0.6) is 0 Å². The predicted molar refractivity (Wildman–Crippen MR) is 79.6 cm³/mol. The Labute approximate surface area is 123 Å². The molecule has 108 valence electrons. The summed E-state index contributed by atoms with van der Waals surface area (Å²) in [6, 6.07) is 0. The summed E-state index contributed by atoms with van der Waals surface area (Å²) < 4.78 is 0. The van der Waals surface area contributed by atoms with E-state index in [9.17, 15) is 4.79 Å². The zero-order chi connectivity index (χ0) is 13.9. The van der Waals surface area contributed by atoms with Gasteiger partial charge in [0, 0.05) is 25.4 Å². The Hall–Kier alpha value is -1.10. The first-order valence-corrected chi connectivity index (χ1v) is 8.42. The minimum atomic E-state index is 0.274. The van der Waals surface area contributed by atoms with Gasteiger partial charge in [0.1, 0.15) is 0 Å². The molecule has 3 saturated carbocycles. The molecular formula is C15H21N3OS. The lowest BCUT2D eigenvalue weighted by Gasteiger charge is -2.09. The van der Waals surface area contributed by atoms with Crippen molar-refractivity contribution in [3.63, 3.8) is 0 Å². The van der Waals surface area contributed by atoms with E-state index in [2.05, 4.69) is 10.3 Å². The normalized spacial score (nSPS) is 36.8. The van der Waals surface area contributed by atoms with Crippen molar-refractivity contribution in [3.8, 4) is 0 Å². The molecule has 4 atom stereocenters. The van der Waals surface area contributed by atoms with E-state index in [-0.39, 0.29) is 5.91 Å². The molecule has 3 fully saturated rings. The zero-order valence-corrected chi connectivity index (χ0v) is 12.8. The molecule has 0 saturated heterocycles. The highest BCUT2D eigenvalue weighted by molar-refractivity contribution is 7.13. The van der Waals surface area contributed by atoms with Gasteiger partial charge in [-0.1, -0.05) is 0 Å². The van der Waals surface area contributed by atoms with Gasteiger partial charge in [-0.2, -0.15) is 0 Å². The number of carbonyl (C=O) groups is 1. The third-order valence-corrected chi connectivity index (χ3v) is 6.46. The third-order valence-electron chi connectivity index (χ3n) is 5.40. The van der Waals surface area contributed by atoms with E-state index in [0.717, 1.165) is 34.5 Å². The quantitative estimate of drug-likeness (QED) is 0.924. The van der Waals surface area contributed by atoms with E-state index >= 15 is 0 Å². The van der Waals surface area contributed by atoms with Gasteiger partial charge >= 0.3 is 0 Å². The van der Waals surface area contributed by atoms with Crippen molar-refractivity contribution in [2.75, 3.05) is 19.0 Å². The van der Waals surface area contributed by atoms with Crippen molar-refractivity contribution in [3.05, 3.63) is 11.1 Å². The van der Waals surface area contributed by atoms with E-state index in [1.165, 1.54) is 19.3 Å². The summed E-state index contributed by atoms with van der Waals surface area (Å²) >= 11 is 1.62. The van der Waals surface area contributed by atoms with Crippen molar-refractivity contribution in [1.29, 1.82) is 0 Å². The van der Waals surface area contributed by atoms with Gasteiger partial charge in [-0.3, -0.25) is 4.79 Å². The molecule has 1 aromatic rings. The third kappa shape index (κ3) is 1.86. The highest BCUT2D eigenvalue weighted by Gasteiger charge is 2.67. The Morgan fingerprint density at radius 1 is 1.40 bits per heavy atom. The molecular weight excluding hydrogens is 270 g/mol. The monoisotopic (exact) mass is 291 g/mol. The van der Waals surface area contributed by atoms with Crippen LogP contribution in [-0.2, 0) is 11.3 Å². The highest BCUT2D eigenvalue weighted by atomic mass is 32.1. The number of fused-ring (bicyclic) bond motifs is 5. The van der Waals surface area contributed by atoms with Gasteiger partial charge in [0.25, 0.3) is 0 Å². The summed E-state index contributed by atoms with van der Waals surface area (Å²) in [4.78, 5) is 18.8. The summed E-state index contributed by atoms with van der Waals surface area (Å²) in [5, 5.41) is 6.13. The van der Waals surface area contributed by atoms with Gasteiger partial charge in [-0.15, -0.1) is 11.3 Å². The van der Waals surface area contributed by atoms with Crippen LogP contribution >= 0.6 is 11.3 Å². The lowest BCUT2D eigenvalue weighted by molar-refractivity contribution is -0.123. The second-order valence-electron chi connectivity index (χ2n) is 6.75.